The molecule has 0 radical (unpaired) electrons. The van der Waals surface area contributed by atoms with Crippen LogP contribution in [-0.4, -0.2) is 33.0 Å². The molecule has 2 aromatic carbocycles. The van der Waals surface area contributed by atoms with Crippen molar-refractivity contribution in [1.29, 1.82) is 0 Å². The number of aryl methyl sites for hydroxylation is 1. The van der Waals surface area contributed by atoms with E-state index in [1.54, 1.807) is 13.1 Å². The topological polar surface area (TPSA) is 64.1 Å². The summed E-state index contributed by atoms with van der Waals surface area (Å²) in [5.74, 6) is 1.50. The summed E-state index contributed by atoms with van der Waals surface area (Å²) >= 11 is 0. The Hall–Kier alpha value is -2.30. The zero-order valence-electron chi connectivity index (χ0n) is 16.2. The molecule has 1 heterocycles. The number of nitrogens with zero attached hydrogens (tertiary/aromatic N) is 1. The summed E-state index contributed by atoms with van der Waals surface area (Å²) < 4.78 is 40.6. The van der Waals surface area contributed by atoms with Gasteiger partial charge < -0.3 is 24.8 Å². The molecule has 2 N–H and O–H groups in total. The molecule has 0 amide bonds. The first kappa shape index (κ1) is 23.0. The third-order valence-electron chi connectivity index (χ3n) is 4.23. The quantitative estimate of drug-likeness (QED) is 0.331. The van der Waals surface area contributed by atoms with E-state index in [0.717, 1.165) is 6.42 Å². The molecule has 0 bridgehead atoms. The minimum absolute atomic E-state index is 0. The fraction of sp³-hybridized carbons (Fsp3) is 0.350. The maximum absolute atomic E-state index is 12.7. The van der Waals surface area contributed by atoms with Gasteiger partial charge >= 0.3 is 6.61 Å². The number of hydrogen-bond donors (Lipinski definition) is 2. The van der Waals surface area contributed by atoms with Gasteiger partial charge in [0.25, 0.3) is 0 Å². The number of nitrogens with one attached hydrogen (secondary N) is 2. The number of guanidine groups is 1. The van der Waals surface area contributed by atoms with Crippen LogP contribution in [0.25, 0.3) is 0 Å². The minimum Gasteiger partial charge on any atom is -0.454 e. The molecule has 0 aliphatic carbocycles. The van der Waals surface area contributed by atoms with Crippen LogP contribution in [0.5, 0.6) is 17.2 Å². The second-order valence-electron chi connectivity index (χ2n) is 6.28. The van der Waals surface area contributed by atoms with Crippen LogP contribution in [0.4, 0.5) is 8.78 Å². The molecule has 0 unspecified atom stereocenters. The highest BCUT2D eigenvalue weighted by Crippen LogP contribution is 2.38. The summed E-state index contributed by atoms with van der Waals surface area (Å²) in [7, 11) is 1.65. The summed E-state index contributed by atoms with van der Waals surface area (Å²) in [6, 6.07) is 11.3. The van der Waals surface area contributed by atoms with Crippen LogP contribution in [-0.2, 0) is 13.0 Å². The molecule has 0 atom stereocenters. The summed E-state index contributed by atoms with van der Waals surface area (Å²) in [4.78, 5) is 4.16. The Balaban J connectivity index is 0.00000300. The maximum atomic E-state index is 12.7. The Labute approximate surface area is 185 Å². The Morgan fingerprint density at radius 2 is 1.93 bits per heavy atom. The number of benzene rings is 2. The van der Waals surface area contributed by atoms with Crippen molar-refractivity contribution in [3.05, 3.63) is 53.1 Å². The Kier molecular flexibility index (Phi) is 8.74. The number of aliphatic imine (C=N–C) groups is 1. The molecule has 2 aromatic rings. The maximum Gasteiger partial charge on any atom is 0.387 e. The molecule has 0 spiro atoms. The summed E-state index contributed by atoms with van der Waals surface area (Å²) in [6.07, 6.45) is 0.839. The third-order valence-corrected chi connectivity index (χ3v) is 4.23. The average Bonchev–Trinajstić information content (AvgIpc) is 3.11. The monoisotopic (exact) mass is 519 g/mol. The van der Waals surface area contributed by atoms with Crippen molar-refractivity contribution >= 4 is 29.9 Å². The molecular weight excluding hydrogens is 495 g/mol. The molecule has 9 heteroatoms. The smallest absolute Gasteiger partial charge is 0.387 e. The lowest BCUT2D eigenvalue weighted by molar-refractivity contribution is -0.0505. The summed E-state index contributed by atoms with van der Waals surface area (Å²) in [5, 5.41) is 6.32. The first-order chi connectivity index (χ1) is 13.5. The van der Waals surface area contributed by atoms with Gasteiger partial charge in [-0.3, -0.25) is 4.99 Å². The highest BCUT2D eigenvalue weighted by Gasteiger charge is 2.20. The molecule has 1 aliphatic heterocycles. The van der Waals surface area contributed by atoms with Crippen molar-refractivity contribution in [2.24, 2.45) is 4.99 Å². The van der Waals surface area contributed by atoms with Gasteiger partial charge in [-0.25, -0.2) is 0 Å². The molecular formula is C20H24F2IN3O3. The highest BCUT2D eigenvalue weighted by molar-refractivity contribution is 14.0. The van der Waals surface area contributed by atoms with Gasteiger partial charge in [-0.15, -0.1) is 24.0 Å². The van der Waals surface area contributed by atoms with Gasteiger partial charge in [-0.2, -0.15) is 8.78 Å². The molecule has 1 aliphatic rings. The van der Waals surface area contributed by atoms with Gasteiger partial charge in [0.15, 0.2) is 17.5 Å². The molecule has 6 nitrogen and oxygen atoms in total. The number of fused-ring (bicyclic) bond motifs is 1. The first-order valence-corrected chi connectivity index (χ1v) is 8.92. The average molecular weight is 519 g/mol. The van der Waals surface area contributed by atoms with Gasteiger partial charge in [-0.1, -0.05) is 29.8 Å². The van der Waals surface area contributed by atoms with Crippen molar-refractivity contribution in [3.63, 3.8) is 0 Å². The van der Waals surface area contributed by atoms with Crippen LogP contribution in [0, 0.1) is 6.92 Å². The number of rotatable bonds is 7. The molecule has 29 heavy (non-hydrogen) atoms. The Morgan fingerprint density at radius 1 is 1.17 bits per heavy atom. The summed E-state index contributed by atoms with van der Waals surface area (Å²) in [5.41, 5.74) is 2.96. The Bertz CT molecular complexity index is 850. The van der Waals surface area contributed by atoms with Crippen LogP contribution >= 0.6 is 24.0 Å². The predicted octanol–water partition coefficient (Wildman–Crippen LogP) is 3.85. The van der Waals surface area contributed by atoms with Crippen LogP contribution < -0.4 is 24.8 Å². The lowest BCUT2D eigenvalue weighted by Gasteiger charge is -2.15. The van der Waals surface area contributed by atoms with E-state index < -0.39 is 6.61 Å². The number of hydrogen-bond acceptors (Lipinski definition) is 4. The lowest BCUT2D eigenvalue weighted by Crippen LogP contribution is -2.38. The van der Waals surface area contributed by atoms with E-state index in [4.69, 9.17) is 9.47 Å². The largest absolute Gasteiger partial charge is 0.454 e. The normalized spacial score (nSPS) is 12.5. The standard InChI is InChI=1S/C20H23F2N3O3.HI/c1-13-4-3-5-14(8-13)6-7-24-20(23-2)25-11-15-9-17-18(27-12-26-17)10-16(15)28-19(21)22;/h3-5,8-10,19H,6-7,11-12H2,1-2H3,(H2,23,24,25);1H. The number of alkyl halides is 2. The number of ether oxygens (including phenoxy) is 3. The molecule has 0 fully saturated rings. The first-order valence-electron chi connectivity index (χ1n) is 8.92. The van der Waals surface area contributed by atoms with Crippen molar-refractivity contribution in [2.75, 3.05) is 20.4 Å². The van der Waals surface area contributed by atoms with Gasteiger partial charge in [0, 0.05) is 31.8 Å². The second-order valence-corrected chi connectivity index (χ2v) is 6.28. The minimum atomic E-state index is -2.93. The van der Waals surface area contributed by atoms with E-state index >= 15 is 0 Å². The summed E-state index contributed by atoms with van der Waals surface area (Å²) in [6.45, 7) is 0.114. The van der Waals surface area contributed by atoms with E-state index in [1.165, 1.54) is 17.2 Å². The molecule has 158 valence electrons. The fourth-order valence-electron chi connectivity index (χ4n) is 2.90. The van der Waals surface area contributed by atoms with Crippen molar-refractivity contribution < 1.29 is 23.0 Å². The van der Waals surface area contributed by atoms with E-state index in [1.807, 2.05) is 6.07 Å². The van der Waals surface area contributed by atoms with E-state index in [-0.39, 0.29) is 43.1 Å². The van der Waals surface area contributed by atoms with Gasteiger partial charge in [0.1, 0.15) is 5.75 Å². The Morgan fingerprint density at radius 3 is 2.62 bits per heavy atom. The third kappa shape index (κ3) is 6.62. The zero-order chi connectivity index (χ0) is 19.9. The van der Waals surface area contributed by atoms with E-state index in [9.17, 15) is 8.78 Å². The zero-order valence-corrected chi connectivity index (χ0v) is 18.5. The molecule has 0 aromatic heterocycles. The number of halogens is 3. The molecule has 3 rings (SSSR count). The molecule has 0 saturated carbocycles. The van der Waals surface area contributed by atoms with Crippen molar-refractivity contribution in [1.82, 2.24) is 10.6 Å². The van der Waals surface area contributed by atoms with Crippen LogP contribution in [0.3, 0.4) is 0 Å². The van der Waals surface area contributed by atoms with Gasteiger partial charge in [-0.05, 0) is 25.0 Å². The van der Waals surface area contributed by atoms with Crippen molar-refractivity contribution in [3.8, 4) is 17.2 Å². The van der Waals surface area contributed by atoms with E-state index in [0.29, 0.717) is 29.6 Å². The van der Waals surface area contributed by atoms with Crippen LogP contribution in [0.2, 0.25) is 0 Å². The highest BCUT2D eigenvalue weighted by atomic mass is 127. The SMILES string of the molecule is CN=C(NCCc1cccc(C)c1)NCc1cc2c(cc1OC(F)F)OCO2.I. The van der Waals surface area contributed by atoms with Gasteiger partial charge in [0.05, 0.1) is 0 Å². The lowest BCUT2D eigenvalue weighted by atomic mass is 10.1. The van der Waals surface area contributed by atoms with Crippen LogP contribution in [0.1, 0.15) is 16.7 Å². The predicted molar refractivity (Wildman–Crippen MR) is 118 cm³/mol. The van der Waals surface area contributed by atoms with Gasteiger partial charge in [0.2, 0.25) is 6.79 Å². The van der Waals surface area contributed by atoms with E-state index in [2.05, 4.69) is 45.5 Å². The fourth-order valence-corrected chi connectivity index (χ4v) is 2.90. The second kappa shape index (κ2) is 11.0. The van der Waals surface area contributed by atoms with Crippen LogP contribution in [0.15, 0.2) is 41.4 Å². The van der Waals surface area contributed by atoms with Crippen molar-refractivity contribution in [2.45, 2.75) is 26.5 Å². The molecule has 0 saturated heterocycles.